The summed E-state index contributed by atoms with van der Waals surface area (Å²) in [6, 6.07) is 16.7. The molecule has 1 unspecified atom stereocenters. The van der Waals surface area contributed by atoms with Crippen LogP contribution in [0.2, 0.25) is 0 Å². The van der Waals surface area contributed by atoms with E-state index < -0.39 is 0 Å². The average molecular weight is 584 g/mol. The van der Waals surface area contributed by atoms with Crippen molar-refractivity contribution in [2.45, 2.75) is 84.5 Å². The van der Waals surface area contributed by atoms with Gasteiger partial charge in [-0.05, 0) is 92.5 Å². The lowest BCUT2D eigenvalue weighted by Crippen LogP contribution is -2.11. The molecule has 4 rings (SSSR count). The molecule has 1 aliphatic rings. The molecule has 0 aliphatic heterocycles. The molecule has 220 valence electrons. The van der Waals surface area contributed by atoms with Crippen molar-refractivity contribution in [2.75, 3.05) is 31.4 Å². The minimum Gasteiger partial charge on any atom is -0.396 e. The normalized spacial score (nSPS) is 13.0. The largest absolute Gasteiger partial charge is 0.396 e. The number of thiophene rings is 1. The predicted octanol–water partition coefficient (Wildman–Crippen LogP) is 9.73. The number of aryl methyl sites for hydroxylation is 2. The number of aliphatic hydroxyl groups excluding tert-OH is 1. The molecular formula is C34H49NO3S2. The number of benzene rings is 2. The second-order valence-corrected chi connectivity index (χ2v) is 12.4. The number of amides is 1. The van der Waals surface area contributed by atoms with E-state index in [1.165, 1.54) is 40.2 Å². The first-order valence-electron chi connectivity index (χ1n) is 14.6. The summed E-state index contributed by atoms with van der Waals surface area (Å²) in [7, 11) is 0. The Morgan fingerprint density at radius 1 is 1.05 bits per heavy atom. The lowest BCUT2D eigenvalue weighted by molar-refractivity contribution is 0.103. The van der Waals surface area contributed by atoms with Crippen molar-refractivity contribution in [3.63, 3.8) is 0 Å². The topological polar surface area (TPSA) is 58.6 Å². The van der Waals surface area contributed by atoms with Crippen LogP contribution in [0.15, 0.2) is 53.4 Å². The second-order valence-electron chi connectivity index (χ2n) is 10.5. The Labute approximate surface area is 251 Å². The summed E-state index contributed by atoms with van der Waals surface area (Å²) in [4.78, 5) is 16.5. The van der Waals surface area contributed by atoms with Gasteiger partial charge in [0.2, 0.25) is 0 Å². The lowest BCUT2D eigenvalue weighted by atomic mass is 10.0. The third-order valence-electron chi connectivity index (χ3n) is 6.45. The molecule has 4 nitrogen and oxygen atoms in total. The molecule has 6 heteroatoms. The van der Waals surface area contributed by atoms with Crippen molar-refractivity contribution in [3.8, 4) is 11.1 Å². The first-order chi connectivity index (χ1) is 19.3. The van der Waals surface area contributed by atoms with E-state index in [2.05, 4.69) is 76.5 Å². The van der Waals surface area contributed by atoms with Gasteiger partial charge >= 0.3 is 0 Å². The van der Waals surface area contributed by atoms with Gasteiger partial charge in [0.05, 0.1) is 0 Å². The maximum atomic E-state index is 13.2. The number of carbonyl (C=O) groups excluding carboxylic acids is 1. The molecule has 2 N–H and O–H groups in total. The smallest absolute Gasteiger partial charge is 0.266 e. The van der Waals surface area contributed by atoms with E-state index in [1.54, 1.807) is 23.1 Å². The van der Waals surface area contributed by atoms with Crippen molar-refractivity contribution in [2.24, 2.45) is 5.92 Å². The van der Waals surface area contributed by atoms with E-state index in [9.17, 15) is 4.79 Å². The van der Waals surface area contributed by atoms with Gasteiger partial charge in [0.25, 0.3) is 5.91 Å². The van der Waals surface area contributed by atoms with Crippen LogP contribution in [0.25, 0.3) is 11.1 Å². The first kappa shape index (κ1) is 34.1. The maximum absolute atomic E-state index is 13.2. The third kappa shape index (κ3) is 11.0. The summed E-state index contributed by atoms with van der Waals surface area (Å²) in [5.74, 6) is 1.01. The van der Waals surface area contributed by atoms with Crippen molar-refractivity contribution >= 4 is 34.7 Å². The van der Waals surface area contributed by atoms with Gasteiger partial charge < -0.3 is 15.2 Å². The molecular weight excluding hydrogens is 535 g/mol. The van der Waals surface area contributed by atoms with Crippen molar-refractivity contribution in [1.29, 1.82) is 0 Å². The fraction of sp³-hybridized carbons (Fsp3) is 0.500. The van der Waals surface area contributed by atoms with E-state index in [0.29, 0.717) is 11.8 Å². The SMILES string of the molecule is CCC.CCCOCCC(C)CO.CSc1cc(NC(=O)c2sc(C3CC3)cc2-c2ccccc2C)ccc1C. The molecule has 1 aliphatic carbocycles. The minimum atomic E-state index is -0.0129. The number of thioether (sulfide) groups is 1. The Hall–Kier alpha value is -2.12. The predicted molar refractivity (Wildman–Crippen MR) is 175 cm³/mol. The number of nitrogens with one attached hydrogen (secondary N) is 1. The molecule has 1 saturated carbocycles. The zero-order valence-corrected chi connectivity index (χ0v) is 27.1. The monoisotopic (exact) mass is 583 g/mol. The minimum absolute atomic E-state index is 0.0129. The molecule has 0 saturated heterocycles. The number of carbonyl (C=O) groups is 1. The molecule has 0 spiro atoms. The van der Waals surface area contributed by atoms with Crippen LogP contribution >= 0.6 is 23.1 Å². The standard InChI is InChI=1S/C23H23NOS2.C8H18O2.C3H8/c1-14-6-4-5-7-18(14)19-13-21(16-9-10-16)27-22(19)23(25)24-17-11-8-15(2)20(12-17)26-3;1-3-5-10-6-4-8(2)7-9;1-3-2/h4-8,11-13,16H,9-10H2,1-3H3,(H,24,25);8-9H,3-7H2,1-2H3;3H2,1-2H3. The average Bonchev–Trinajstić information content (AvgIpc) is 3.71. The van der Waals surface area contributed by atoms with Gasteiger partial charge in [-0.2, -0.15) is 0 Å². The molecule has 1 fully saturated rings. The van der Waals surface area contributed by atoms with Crippen LogP contribution in [0.4, 0.5) is 5.69 Å². The van der Waals surface area contributed by atoms with Gasteiger partial charge in [-0.3, -0.25) is 4.79 Å². The van der Waals surface area contributed by atoms with Crippen LogP contribution in [-0.4, -0.2) is 37.1 Å². The number of anilines is 1. The van der Waals surface area contributed by atoms with E-state index >= 15 is 0 Å². The molecule has 3 aromatic rings. The molecule has 1 atom stereocenters. The Bertz CT molecular complexity index is 1170. The van der Waals surface area contributed by atoms with Gasteiger partial charge in [0.15, 0.2) is 0 Å². The fourth-order valence-electron chi connectivity index (χ4n) is 3.93. The summed E-state index contributed by atoms with van der Waals surface area (Å²) in [5, 5.41) is 11.8. The van der Waals surface area contributed by atoms with Crippen LogP contribution in [0.1, 0.15) is 91.4 Å². The van der Waals surface area contributed by atoms with E-state index in [-0.39, 0.29) is 12.5 Å². The Kier molecular flexibility index (Phi) is 15.6. The highest BCUT2D eigenvalue weighted by Crippen LogP contribution is 2.46. The van der Waals surface area contributed by atoms with Crippen LogP contribution in [0, 0.1) is 19.8 Å². The van der Waals surface area contributed by atoms with Gasteiger partial charge in [-0.25, -0.2) is 0 Å². The molecule has 2 aromatic carbocycles. The quantitative estimate of drug-likeness (QED) is 0.174. The molecule has 1 amide bonds. The summed E-state index contributed by atoms with van der Waals surface area (Å²) >= 11 is 3.36. The molecule has 40 heavy (non-hydrogen) atoms. The number of hydrogen-bond acceptors (Lipinski definition) is 5. The van der Waals surface area contributed by atoms with Crippen LogP contribution < -0.4 is 5.32 Å². The van der Waals surface area contributed by atoms with Crippen LogP contribution in [0.5, 0.6) is 0 Å². The Morgan fingerprint density at radius 3 is 2.35 bits per heavy atom. The molecule has 1 aromatic heterocycles. The van der Waals surface area contributed by atoms with E-state index in [0.717, 1.165) is 47.7 Å². The summed E-state index contributed by atoms with van der Waals surface area (Å²) in [5.41, 5.74) is 5.50. The lowest BCUT2D eigenvalue weighted by Gasteiger charge is -2.10. The molecule has 0 radical (unpaired) electrons. The van der Waals surface area contributed by atoms with Gasteiger partial charge in [-0.15, -0.1) is 23.1 Å². The summed E-state index contributed by atoms with van der Waals surface area (Å²) in [6.07, 6.45) is 7.84. The van der Waals surface area contributed by atoms with E-state index in [4.69, 9.17) is 9.84 Å². The number of ether oxygens (including phenoxy) is 1. The van der Waals surface area contributed by atoms with E-state index in [1.807, 2.05) is 25.1 Å². The van der Waals surface area contributed by atoms with Crippen LogP contribution in [-0.2, 0) is 4.74 Å². The number of hydrogen-bond donors (Lipinski definition) is 2. The third-order valence-corrected chi connectivity index (χ3v) is 8.63. The Balaban J connectivity index is 0.000000364. The van der Waals surface area contributed by atoms with Crippen molar-refractivity contribution < 1.29 is 14.6 Å². The zero-order valence-electron chi connectivity index (χ0n) is 25.5. The van der Waals surface area contributed by atoms with Gasteiger partial charge in [0.1, 0.15) is 4.88 Å². The second kappa shape index (κ2) is 18.3. The highest BCUT2D eigenvalue weighted by atomic mass is 32.2. The Morgan fingerprint density at radius 2 is 1.75 bits per heavy atom. The highest BCUT2D eigenvalue weighted by molar-refractivity contribution is 7.98. The number of rotatable bonds is 11. The molecule has 0 bridgehead atoms. The highest BCUT2D eigenvalue weighted by Gasteiger charge is 2.29. The van der Waals surface area contributed by atoms with Gasteiger partial charge in [-0.1, -0.05) is 64.4 Å². The van der Waals surface area contributed by atoms with Crippen LogP contribution in [0.3, 0.4) is 0 Å². The van der Waals surface area contributed by atoms with Crippen molar-refractivity contribution in [3.05, 3.63) is 69.4 Å². The summed E-state index contributed by atoms with van der Waals surface area (Å²) < 4.78 is 5.24. The number of aliphatic hydroxyl groups is 1. The van der Waals surface area contributed by atoms with Gasteiger partial charge in [0, 0.05) is 40.8 Å². The summed E-state index contributed by atoms with van der Waals surface area (Å²) in [6.45, 7) is 14.5. The maximum Gasteiger partial charge on any atom is 0.266 e. The zero-order chi connectivity index (χ0) is 29.5. The fourth-order valence-corrected chi connectivity index (χ4v) is 5.80. The van der Waals surface area contributed by atoms with Crippen molar-refractivity contribution in [1.82, 2.24) is 0 Å². The molecule has 1 heterocycles. The first-order valence-corrected chi connectivity index (χ1v) is 16.7.